The van der Waals surface area contributed by atoms with Crippen LogP contribution >= 0.6 is 0 Å². The van der Waals surface area contributed by atoms with Crippen molar-refractivity contribution in [3.05, 3.63) is 0 Å². The average molecular weight is 276 g/mol. The maximum Gasteiger partial charge on any atom is 0.150 e. The number of hydrogen-bond acceptors (Lipinski definition) is 4. The molecule has 1 saturated carbocycles. The summed E-state index contributed by atoms with van der Waals surface area (Å²) in [5, 5.41) is 19.4. The third kappa shape index (κ3) is 2.89. The minimum Gasteiger partial charge on any atom is -0.396 e. The Hall–Kier alpha value is -0.130. The molecule has 1 saturated heterocycles. The first kappa shape index (κ1) is 14.3. The SMILES string of the molecule is O=S1(=O)CCC(C(CO)(CO)CC2CCCC2)C1. The maximum absolute atomic E-state index is 11.6. The lowest BCUT2D eigenvalue weighted by Gasteiger charge is -2.37. The normalized spacial score (nSPS) is 28.9. The van der Waals surface area contributed by atoms with E-state index >= 15 is 0 Å². The molecule has 2 fully saturated rings. The van der Waals surface area contributed by atoms with Crippen LogP contribution in [0.3, 0.4) is 0 Å². The molecule has 4 nitrogen and oxygen atoms in total. The minimum atomic E-state index is -2.95. The van der Waals surface area contributed by atoms with Crippen LogP contribution in [0, 0.1) is 17.3 Å². The summed E-state index contributed by atoms with van der Waals surface area (Å²) in [4.78, 5) is 0. The van der Waals surface area contributed by atoms with E-state index in [9.17, 15) is 18.6 Å². The Bertz CT molecular complexity index is 366. The van der Waals surface area contributed by atoms with Crippen molar-refractivity contribution >= 4 is 9.84 Å². The standard InChI is InChI=1S/C13H24O4S/c14-9-13(10-15,7-11-3-1-2-4-11)12-5-6-18(16,17)8-12/h11-12,14-15H,1-10H2. The van der Waals surface area contributed by atoms with Crippen LogP contribution < -0.4 is 0 Å². The third-order valence-electron chi connectivity index (χ3n) is 4.90. The second kappa shape index (κ2) is 5.47. The minimum absolute atomic E-state index is 0.0712. The molecule has 0 aromatic heterocycles. The van der Waals surface area contributed by atoms with Gasteiger partial charge in [-0.25, -0.2) is 8.42 Å². The first-order chi connectivity index (χ1) is 8.51. The Balaban J connectivity index is 2.10. The summed E-state index contributed by atoms with van der Waals surface area (Å²) in [6.45, 7) is -0.194. The number of hydrogen-bond donors (Lipinski definition) is 2. The molecule has 5 heteroatoms. The van der Waals surface area contributed by atoms with Gasteiger partial charge in [0.2, 0.25) is 0 Å². The first-order valence-electron chi connectivity index (χ1n) is 6.93. The smallest absolute Gasteiger partial charge is 0.150 e. The fourth-order valence-corrected chi connectivity index (χ4v) is 5.61. The van der Waals surface area contributed by atoms with E-state index < -0.39 is 15.3 Å². The molecule has 1 unspecified atom stereocenters. The zero-order chi connectivity index (χ0) is 13.2. The van der Waals surface area contributed by atoms with Gasteiger partial charge in [-0.15, -0.1) is 0 Å². The summed E-state index contributed by atoms with van der Waals surface area (Å²) in [7, 11) is -2.95. The molecule has 0 aromatic carbocycles. The van der Waals surface area contributed by atoms with Crippen LogP contribution in [0.4, 0.5) is 0 Å². The van der Waals surface area contributed by atoms with Crippen molar-refractivity contribution in [1.82, 2.24) is 0 Å². The highest BCUT2D eigenvalue weighted by atomic mass is 32.2. The molecule has 0 radical (unpaired) electrons. The third-order valence-corrected chi connectivity index (χ3v) is 6.67. The van der Waals surface area contributed by atoms with Gasteiger partial charge < -0.3 is 10.2 Å². The number of sulfone groups is 1. The lowest BCUT2D eigenvalue weighted by Crippen LogP contribution is -2.40. The predicted octanol–water partition coefficient (Wildman–Crippen LogP) is 0.972. The van der Waals surface area contributed by atoms with Crippen molar-refractivity contribution in [2.45, 2.75) is 38.5 Å². The van der Waals surface area contributed by atoms with Crippen molar-refractivity contribution in [2.75, 3.05) is 24.7 Å². The number of aliphatic hydroxyl groups is 2. The second-order valence-electron chi connectivity index (χ2n) is 6.13. The van der Waals surface area contributed by atoms with Gasteiger partial charge in [-0.05, 0) is 24.7 Å². The van der Waals surface area contributed by atoms with Gasteiger partial charge in [-0.1, -0.05) is 25.7 Å². The van der Waals surface area contributed by atoms with E-state index in [1.165, 1.54) is 12.8 Å². The monoisotopic (exact) mass is 276 g/mol. The number of aliphatic hydroxyl groups excluding tert-OH is 2. The molecule has 2 rings (SSSR count). The van der Waals surface area contributed by atoms with Crippen molar-refractivity contribution in [3.63, 3.8) is 0 Å². The van der Waals surface area contributed by atoms with Gasteiger partial charge in [0.1, 0.15) is 0 Å². The summed E-state index contributed by atoms with van der Waals surface area (Å²) in [5.74, 6) is 0.830. The van der Waals surface area contributed by atoms with Gasteiger partial charge in [0.25, 0.3) is 0 Å². The zero-order valence-electron chi connectivity index (χ0n) is 10.8. The quantitative estimate of drug-likeness (QED) is 0.785. The molecule has 2 N–H and O–H groups in total. The molecule has 0 aromatic rings. The summed E-state index contributed by atoms with van der Waals surface area (Å²) in [6.07, 6.45) is 6.12. The van der Waals surface area contributed by atoms with Gasteiger partial charge in [0, 0.05) is 5.41 Å². The Labute approximate surface area is 109 Å². The van der Waals surface area contributed by atoms with Crippen molar-refractivity contribution in [3.8, 4) is 0 Å². The van der Waals surface area contributed by atoms with Crippen LogP contribution in [0.2, 0.25) is 0 Å². The Morgan fingerprint density at radius 3 is 2.11 bits per heavy atom. The zero-order valence-corrected chi connectivity index (χ0v) is 11.7. The number of rotatable bonds is 5. The van der Waals surface area contributed by atoms with Crippen LogP contribution in [0.25, 0.3) is 0 Å². The molecule has 18 heavy (non-hydrogen) atoms. The van der Waals surface area contributed by atoms with Gasteiger partial charge >= 0.3 is 0 Å². The van der Waals surface area contributed by atoms with E-state index in [0.29, 0.717) is 12.3 Å². The first-order valence-corrected chi connectivity index (χ1v) is 8.76. The predicted molar refractivity (Wildman–Crippen MR) is 69.9 cm³/mol. The second-order valence-corrected chi connectivity index (χ2v) is 8.36. The average Bonchev–Trinajstić information content (AvgIpc) is 2.95. The molecule has 0 bridgehead atoms. The van der Waals surface area contributed by atoms with Crippen LogP contribution in [-0.2, 0) is 9.84 Å². The highest BCUT2D eigenvalue weighted by molar-refractivity contribution is 7.91. The Morgan fingerprint density at radius 2 is 1.67 bits per heavy atom. The molecule has 106 valence electrons. The molecular formula is C13H24O4S. The van der Waals surface area contributed by atoms with Crippen LogP contribution in [0.5, 0.6) is 0 Å². The lowest BCUT2D eigenvalue weighted by atomic mass is 9.70. The molecule has 1 aliphatic carbocycles. The van der Waals surface area contributed by atoms with E-state index in [0.717, 1.165) is 19.3 Å². The van der Waals surface area contributed by atoms with Gasteiger partial charge in [-0.2, -0.15) is 0 Å². The van der Waals surface area contributed by atoms with E-state index in [-0.39, 0.29) is 30.6 Å². The van der Waals surface area contributed by atoms with Gasteiger partial charge in [0.15, 0.2) is 9.84 Å². The fourth-order valence-electron chi connectivity index (χ4n) is 3.67. The highest BCUT2D eigenvalue weighted by Crippen LogP contribution is 2.43. The van der Waals surface area contributed by atoms with Crippen LogP contribution in [-0.4, -0.2) is 43.4 Å². The molecule has 1 heterocycles. The molecule has 2 aliphatic rings. The van der Waals surface area contributed by atoms with E-state index in [2.05, 4.69) is 0 Å². The van der Waals surface area contributed by atoms with E-state index in [4.69, 9.17) is 0 Å². The van der Waals surface area contributed by atoms with Crippen molar-refractivity contribution in [1.29, 1.82) is 0 Å². The Kier molecular flexibility index (Phi) is 4.34. The summed E-state index contributed by atoms with van der Waals surface area (Å²) < 4.78 is 23.2. The maximum atomic E-state index is 11.6. The molecule has 1 atom stereocenters. The van der Waals surface area contributed by atoms with Crippen molar-refractivity contribution < 1.29 is 18.6 Å². The largest absolute Gasteiger partial charge is 0.396 e. The van der Waals surface area contributed by atoms with E-state index in [1.807, 2.05) is 0 Å². The topological polar surface area (TPSA) is 74.6 Å². The fraction of sp³-hybridized carbons (Fsp3) is 1.00. The van der Waals surface area contributed by atoms with E-state index in [1.54, 1.807) is 0 Å². The van der Waals surface area contributed by atoms with Gasteiger partial charge in [0.05, 0.1) is 24.7 Å². The molecular weight excluding hydrogens is 252 g/mol. The molecule has 0 spiro atoms. The van der Waals surface area contributed by atoms with Crippen LogP contribution in [0.1, 0.15) is 38.5 Å². The van der Waals surface area contributed by atoms with Crippen molar-refractivity contribution in [2.24, 2.45) is 17.3 Å². The Morgan fingerprint density at radius 1 is 1.06 bits per heavy atom. The molecule has 1 aliphatic heterocycles. The highest BCUT2D eigenvalue weighted by Gasteiger charge is 2.45. The van der Waals surface area contributed by atoms with Crippen LogP contribution in [0.15, 0.2) is 0 Å². The summed E-state index contributed by atoms with van der Waals surface area (Å²) in [5.41, 5.74) is -0.585. The summed E-state index contributed by atoms with van der Waals surface area (Å²) in [6, 6.07) is 0. The van der Waals surface area contributed by atoms with Gasteiger partial charge in [-0.3, -0.25) is 0 Å². The summed E-state index contributed by atoms with van der Waals surface area (Å²) >= 11 is 0. The molecule has 0 amide bonds. The lowest BCUT2D eigenvalue weighted by molar-refractivity contribution is -0.00720.